The van der Waals surface area contributed by atoms with Gasteiger partial charge in [-0.1, -0.05) is 0 Å². The van der Waals surface area contributed by atoms with E-state index in [9.17, 15) is 0 Å². The highest BCUT2D eigenvalue weighted by atomic mass is 16.5. The van der Waals surface area contributed by atoms with Gasteiger partial charge in [0.25, 0.3) is 0 Å². The first-order chi connectivity index (χ1) is 17.5. The monoisotopic (exact) mass is 495 g/mol. The Morgan fingerprint density at radius 1 is 0.694 bits per heavy atom. The van der Waals surface area contributed by atoms with Crippen molar-refractivity contribution in [3.8, 4) is 40.2 Å². The first kappa shape index (κ1) is 24.6. The minimum absolute atomic E-state index is 0.505. The van der Waals surface area contributed by atoms with E-state index in [1.54, 1.807) is 55.9 Å². The zero-order valence-corrected chi connectivity index (χ0v) is 21.3. The number of benzene rings is 2. The highest BCUT2D eigenvalue weighted by Gasteiger charge is 2.19. The number of hydrogen-bond donors (Lipinski definition) is 2. The number of nitrogens with zero attached hydrogens (tertiary/aromatic N) is 3. The molecule has 0 fully saturated rings. The SMILES string of the molecule is CNc1nc2cnc(Nc3cc(OC)c(OC)c(OC)c3)cc2n1-c1cc(OC)c(OC)c(OC)c1. The number of methoxy groups -OCH3 is 6. The lowest BCUT2D eigenvalue weighted by Crippen LogP contribution is -2.04. The van der Waals surface area contributed by atoms with Crippen molar-refractivity contribution < 1.29 is 28.4 Å². The Kier molecular flexibility index (Phi) is 7.09. The molecule has 2 N–H and O–H groups in total. The van der Waals surface area contributed by atoms with Crippen LogP contribution in [0.1, 0.15) is 0 Å². The van der Waals surface area contributed by atoms with Crippen molar-refractivity contribution in [3.63, 3.8) is 0 Å². The Hall–Kier alpha value is -4.54. The molecule has 4 rings (SSSR count). The van der Waals surface area contributed by atoms with Crippen molar-refractivity contribution in [3.05, 3.63) is 36.5 Å². The molecule has 0 saturated heterocycles. The number of anilines is 3. The third-order valence-corrected chi connectivity index (χ3v) is 5.61. The van der Waals surface area contributed by atoms with Crippen molar-refractivity contribution in [1.29, 1.82) is 0 Å². The van der Waals surface area contributed by atoms with Gasteiger partial charge in [0.05, 0.1) is 60.1 Å². The summed E-state index contributed by atoms with van der Waals surface area (Å²) in [5, 5.41) is 6.45. The van der Waals surface area contributed by atoms with Crippen molar-refractivity contribution in [2.45, 2.75) is 0 Å². The molecule has 2 aromatic carbocycles. The molecule has 4 aromatic rings. The first-order valence-electron chi connectivity index (χ1n) is 10.9. The van der Waals surface area contributed by atoms with E-state index in [1.807, 2.05) is 34.9 Å². The Morgan fingerprint density at radius 2 is 1.22 bits per heavy atom. The fraction of sp³-hybridized carbons (Fsp3) is 0.280. The average Bonchev–Trinajstić information content (AvgIpc) is 3.29. The van der Waals surface area contributed by atoms with Crippen LogP contribution in [0.3, 0.4) is 0 Å². The third kappa shape index (κ3) is 4.30. The van der Waals surface area contributed by atoms with E-state index in [2.05, 4.69) is 20.6 Å². The average molecular weight is 496 g/mol. The van der Waals surface area contributed by atoms with Gasteiger partial charge >= 0.3 is 0 Å². The summed E-state index contributed by atoms with van der Waals surface area (Å²) in [4.78, 5) is 9.21. The molecule has 11 heteroatoms. The lowest BCUT2D eigenvalue weighted by atomic mass is 10.2. The zero-order chi connectivity index (χ0) is 25.8. The van der Waals surface area contributed by atoms with E-state index in [-0.39, 0.29) is 0 Å². The minimum atomic E-state index is 0.505. The van der Waals surface area contributed by atoms with Crippen molar-refractivity contribution in [2.75, 3.05) is 60.3 Å². The molecule has 0 saturated carbocycles. The molecule has 0 atom stereocenters. The molecule has 0 spiro atoms. The maximum absolute atomic E-state index is 5.55. The van der Waals surface area contributed by atoms with Crippen LogP contribution in [0.2, 0.25) is 0 Å². The summed E-state index contributed by atoms with van der Waals surface area (Å²) in [7, 11) is 11.2. The highest BCUT2D eigenvalue weighted by Crippen LogP contribution is 2.42. The van der Waals surface area contributed by atoms with Crippen LogP contribution < -0.4 is 39.1 Å². The number of rotatable bonds is 10. The molecule has 0 radical (unpaired) electrons. The van der Waals surface area contributed by atoms with Crippen molar-refractivity contribution in [2.24, 2.45) is 0 Å². The van der Waals surface area contributed by atoms with Crippen LogP contribution in [0.25, 0.3) is 16.7 Å². The highest BCUT2D eigenvalue weighted by molar-refractivity contribution is 5.84. The Bertz CT molecular complexity index is 1340. The molecule has 0 aliphatic heterocycles. The summed E-state index contributed by atoms with van der Waals surface area (Å²) in [6, 6.07) is 9.23. The molecule has 2 heterocycles. The van der Waals surface area contributed by atoms with Crippen LogP contribution in [-0.4, -0.2) is 64.2 Å². The van der Waals surface area contributed by atoms with Crippen LogP contribution in [0, 0.1) is 0 Å². The largest absolute Gasteiger partial charge is 0.493 e. The van der Waals surface area contributed by atoms with E-state index in [4.69, 9.17) is 28.4 Å². The predicted octanol–water partition coefficient (Wildman–Crippen LogP) is 4.26. The third-order valence-electron chi connectivity index (χ3n) is 5.61. The summed E-state index contributed by atoms with van der Waals surface area (Å²) < 4.78 is 34.9. The van der Waals surface area contributed by atoms with Gasteiger partial charge in [0, 0.05) is 43.1 Å². The summed E-state index contributed by atoms with van der Waals surface area (Å²) in [5.74, 6) is 4.33. The molecule has 190 valence electrons. The molecule has 0 unspecified atom stereocenters. The fourth-order valence-corrected chi connectivity index (χ4v) is 3.98. The second-order valence-corrected chi connectivity index (χ2v) is 7.50. The molecule has 11 nitrogen and oxygen atoms in total. The lowest BCUT2D eigenvalue weighted by molar-refractivity contribution is 0.324. The number of imidazole rings is 1. The number of ether oxygens (including phenoxy) is 6. The van der Waals surface area contributed by atoms with Gasteiger partial charge in [0.1, 0.15) is 11.3 Å². The fourth-order valence-electron chi connectivity index (χ4n) is 3.98. The molecule has 0 aliphatic carbocycles. The lowest BCUT2D eigenvalue weighted by Gasteiger charge is -2.16. The van der Waals surface area contributed by atoms with Gasteiger partial charge < -0.3 is 39.1 Å². The van der Waals surface area contributed by atoms with Crippen LogP contribution in [-0.2, 0) is 0 Å². The van der Waals surface area contributed by atoms with Crippen molar-refractivity contribution in [1.82, 2.24) is 14.5 Å². The molecular formula is C25H29N5O6. The Labute approximate surface area is 208 Å². The standard InChI is InChI=1S/C25H29N5O6/c1-26-25-29-16-13-27-22(28-14-8-18(31-2)23(35-6)19(9-14)32-3)12-17(16)30(25)15-10-20(33-4)24(36-7)21(11-15)34-5/h8-13H,1-7H3,(H,26,29)(H,27,28). The van der Waals surface area contributed by atoms with E-state index in [0.29, 0.717) is 57.5 Å². The summed E-state index contributed by atoms with van der Waals surface area (Å²) in [5.41, 5.74) is 2.98. The number of nitrogens with one attached hydrogen (secondary N) is 2. The number of fused-ring (bicyclic) bond motifs is 1. The summed E-state index contributed by atoms with van der Waals surface area (Å²) in [6.07, 6.45) is 1.70. The van der Waals surface area contributed by atoms with Gasteiger partial charge in [0.2, 0.25) is 17.4 Å². The molecule has 0 bridgehead atoms. The van der Waals surface area contributed by atoms with E-state index in [0.717, 1.165) is 11.2 Å². The van der Waals surface area contributed by atoms with E-state index < -0.39 is 0 Å². The second-order valence-electron chi connectivity index (χ2n) is 7.50. The number of aromatic nitrogens is 3. The quantitative estimate of drug-likeness (QED) is 0.331. The summed E-state index contributed by atoms with van der Waals surface area (Å²) in [6.45, 7) is 0. The molecule has 0 aliphatic rings. The van der Waals surface area contributed by atoms with E-state index in [1.165, 1.54) is 0 Å². The molecule has 0 amide bonds. The van der Waals surface area contributed by atoms with Gasteiger partial charge in [-0.2, -0.15) is 0 Å². The van der Waals surface area contributed by atoms with Crippen LogP contribution >= 0.6 is 0 Å². The first-order valence-corrected chi connectivity index (χ1v) is 10.9. The van der Waals surface area contributed by atoms with Gasteiger partial charge in [0.15, 0.2) is 23.0 Å². The summed E-state index contributed by atoms with van der Waals surface area (Å²) >= 11 is 0. The van der Waals surface area contributed by atoms with E-state index >= 15 is 0 Å². The Morgan fingerprint density at radius 3 is 1.69 bits per heavy atom. The minimum Gasteiger partial charge on any atom is -0.493 e. The molecule has 36 heavy (non-hydrogen) atoms. The van der Waals surface area contributed by atoms with Crippen LogP contribution in [0.5, 0.6) is 34.5 Å². The predicted molar refractivity (Wildman–Crippen MR) is 137 cm³/mol. The number of pyridine rings is 1. The van der Waals surface area contributed by atoms with Crippen molar-refractivity contribution >= 4 is 28.5 Å². The Balaban J connectivity index is 1.84. The van der Waals surface area contributed by atoms with Crippen LogP contribution in [0.15, 0.2) is 36.5 Å². The van der Waals surface area contributed by atoms with Crippen LogP contribution in [0.4, 0.5) is 17.5 Å². The van der Waals surface area contributed by atoms with Gasteiger partial charge in [-0.25, -0.2) is 9.97 Å². The van der Waals surface area contributed by atoms with Gasteiger partial charge in [-0.05, 0) is 0 Å². The maximum Gasteiger partial charge on any atom is 0.208 e. The normalized spacial score (nSPS) is 10.6. The van der Waals surface area contributed by atoms with Gasteiger partial charge in [-0.15, -0.1) is 0 Å². The second kappa shape index (κ2) is 10.4. The van der Waals surface area contributed by atoms with Gasteiger partial charge in [-0.3, -0.25) is 4.57 Å². The molecular weight excluding hydrogens is 466 g/mol. The topological polar surface area (TPSA) is 110 Å². The zero-order valence-electron chi connectivity index (χ0n) is 21.3. The maximum atomic E-state index is 5.55. The molecule has 2 aromatic heterocycles. The number of hydrogen-bond acceptors (Lipinski definition) is 10. The smallest absolute Gasteiger partial charge is 0.208 e.